The Morgan fingerprint density at radius 3 is 1.89 bits per heavy atom. The Kier molecular flexibility index (Phi) is 5.09. The van der Waals surface area contributed by atoms with Crippen molar-refractivity contribution < 1.29 is 5.48 Å². The van der Waals surface area contributed by atoms with E-state index < -0.39 is 14.1 Å². The van der Waals surface area contributed by atoms with Gasteiger partial charge < -0.3 is 5.48 Å². The molecule has 110 valence electrons. The maximum absolute atomic E-state index is 6.57. The molecule has 19 heavy (non-hydrogen) atoms. The molecule has 0 aromatic carbocycles. The Bertz CT molecular complexity index is 474. The summed E-state index contributed by atoms with van der Waals surface area (Å²) in [5, 5.41) is 0.113. The van der Waals surface area contributed by atoms with E-state index in [-0.39, 0.29) is 45.2 Å². The number of fused-ring (bicyclic) bond motifs is 5. The van der Waals surface area contributed by atoms with Gasteiger partial charge in [0.25, 0.3) is 0 Å². The highest BCUT2D eigenvalue weighted by Crippen LogP contribution is 2.78. The van der Waals surface area contributed by atoms with Crippen LogP contribution in [0.4, 0.5) is 0 Å². The van der Waals surface area contributed by atoms with Crippen molar-refractivity contribution in [3.63, 3.8) is 0 Å². The average Bonchev–Trinajstić information content (AvgIpc) is 2.73. The van der Waals surface area contributed by atoms with E-state index in [4.69, 9.17) is 81.2 Å². The highest BCUT2D eigenvalue weighted by molar-refractivity contribution is 6.66. The quantitative estimate of drug-likeness (QED) is 0.391. The van der Waals surface area contributed by atoms with E-state index in [2.05, 4.69) is 0 Å². The lowest BCUT2D eigenvalue weighted by molar-refractivity contribution is 0.420. The molecule has 0 aliphatic heterocycles. The van der Waals surface area contributed by atoms with Crippen molar-refractivity contribution >= 4 is 93.6 Å². The van der Waals surface area contributed by atoms with E-state index >= 15 is 0 Å². The normalized spacial score (nSPS) is 48.9. The van der Waals surface area contributed by atoms with Crippen LogP contribution >= 0.6 is 93.6 Å². The van der Waals surface area contributed by atoms with Crippen LogP contribution in [0.1, 0.15) is 0 Å². The molecule has 0 amide bonds. The van der Waals surface area contributed by atoms with E-state index in [0.29, 0.717) is 0 Å². The zero-order chi connectivity index (χ0) is 12.8. The minimum Gasteiger partial charge on any atom is -0.412 e. The molecule has 3 rings (SSSR count). The van der Waals surface area contributed by atoms with Crippen molar-refractivity contribution in [1.82, 2.24) is 0 Å². The molecule has 5 atom stereocenters. The van der Waals surface area contributed by atoms with Gasteiger partial charge in [-0.05, 0) is 0 Å². The van der Waals surface area contributed by atoms with Gasteiger partial charge in [-0.25, -0.2) is 0 Å². The summed E-state index contributed by atoms with van der Waals surface area (Å²) < 4.78 is -1.48. The fraction of sp³-hybridized carbons (Fsp3) is 0.600. The van der Waals surface area contributed by atoms with Gasteiger partial charge in [0.2, 0.25) is 0 Å². The minimum atomic E-state index is -1.48. The smallest absolute Gasteiger partial charge is 0.167 e. The summed E-state index contributed by atoms with van der Waals surface area (Å²) >= 11 is 44.5. The van der Waals surface area contributed by atoms with Crippen LogP contribution in [0.15, 0.2) is 22.2 Å². The van der Waals surface area contributed by atoms with Crippen LogP contribution in [-0.4, -0.2) is 24.9 Å². The van der Waals surface area contributed by atoms with Gasteiger partial charge in [-0.15, -0.1) is 47.2 Å². The number of hydrogen-bond donors (Lipinski definition) is 0. The maximum Gasteiger partial charge on any atom is 0.167 e. The van der Waals surface area contributed by atoms with Crippen LogP contribution < -0.4 is 0 Å². The standard InChI is InChI=1S/C10H5Cl7.ClH.H2O/c11-4-2-1-3-5(4)9(15)7(13)6(12)8(3,14)10(9,16)17;;/h1-5H;1H;1H2. The van der Waals surface area contributed by atoms with Gasteiger partial charge in [0, 0.05) is 11.8 Å². The van der Waals surface area contributed by atoms with Crippen molar-refractivity contribution in [1.29, 1.82) is 0 Å². The zero-order valence-corrected chi connectivity index (χ0v) is 15.0. The lowest BCUT2D eigenvalue weighted by Gasteiger charge is -2.34. The molecule has 3 aliphatic carbocycles. The van der Waals surface area contributed by atoms with Gasteiger partial charge in [-0.2, -0.15) is 0 Å². The van der Waals surface area contributed by atoms with E-state index in [1.807, 2.05) is 12.2 Å². The Hall–Kier alpha value is 1.76. The summed E-state index contributed by atoms with van der Waals surface area (Å²) in [7, 11) is 0. The van der Waals surface area contributed by atoms with Crippen LogP contribution in [0.3, 0.4) is 0 Å². The summed E-state index contributed by atoms with van der Waals surface area (Å²) in [6.07, 6.45) is 3.69. The second-order valence-corrected chi connectivity index (χ2v) is 8.29. The minimum absolute atomic E-state index is 0. The molecule has 1 saturated carbocycles. The highest BCUT2D eigenvalue weighted by Gasteiger charge is 2.83. The summed E-state index contributed by atoms with van der Waals surface area (Å²) in [6, 6.07) is 0. The Labute approximate surface area is 151 Å². The van der Waals surface area contributed by atoms with Gasteiger partial charge >= 0.3 is 0 Å². The Morgan fingerprint density at radius 1 is 0.895 bits per heavy atom. The van der Waals surface area contributed by atoms with E-state index in [1.54, 1.807) is 0 Å². The van der Waals surface area contributed by atoms with E-state index in [1.165, 1.54) is 0 Å². The predicted octanol–water partition coefficient (Wildman–Crippen LogP) is 4.84. The molecule has 9 heteroatoms. The van der Waals surface area contributed by atoms with Gasteiger partial charge in [0.1, 0.15) is 9.75 Å². The first-order chi connectivity index (χ1) is 7.70. The van der Waals surface area contributed by atoms with Crippen molar-refractivity contribution in [2.45, 2.75) is 19.5 Å². The number of allylic oxidation sites excluding steroid dienone is 4. The molecule has 0 spiro atoms. The maximum atomic E-state index is 6.57. The first kappa shape index (κ1) is 18.8. The van der Waals surface area contributed by atoms with Crippen LogP contribution in [0.25, 0.3) is 0 Å². The predicted molar refractivity (Wildman–Crippen MR) is 87.0 cm³/mol. The topological polar surface area (TPSA) is 31.5 Å². The van der Waals surface area contributed by atoms with Crippen LogP contribution in [0, 0.1) is 11.8 Å². The van der Waals surface area contributed by atoms with E-state index in [0.717, 1.165) is 0 Å². The number of hydrogen-bond acceptors (Lipinski definition) is 0. The van der Waals surface area contributed by atoms with Crippen LogP contribution in [-0.2, 0) is 0 Å². The summed E-state index contributed by atoms with van der Waals surface area (Å²) in [5.74, 6) is -0.470. The van der Waals surface area contributed by atoms with Crippen molar-refractivity contribution in [3.8, 4) is 0 Å². The van der Waals surface area contributed by atoms with Crippen LogP contribution in [0.2, 0.25) is 0 Å². The lowest BCUT2D eigenvalue weighted by atomic mass is 9.84. The molecule has 0 saturated heterocycles. The van der Waals surface area contributed by atoms with E-state index in [9.17, 15) is 0 Å². The van der Waals surface area contributed by atoms with Crippen molar-refractivity contribution in [3.05, 3.63) is 22.2 Å². The molecule has 3 aliphatic rings. The molecule has 5 unspecified atom stereocenters. The summed E-state index contributed by atoms with van der Waals surface area (Å²) in [5.41, 5.74) is 0. The monoisotopic (exact) mass is 424 g/mol. The van der Waals surface area contributed by atoms with Crippen molar-refractivity contribution in [2.24, 2.45) is 11.8 Å². The molecule has 0 aromatic rings. The third kappa shape index (κ3) is 1.69. The summed E-state index contributed by atoms with van der Waals surface area (Å²) in [4.78, 5) is -2.45. The largest absolute Gasteiger partial charge is 0.412 e. The second-order valence-electron chi connectivity index (χ2n) is 4.51. The first-order valence-electron chi connectivity index (χ1n) is 4.85. The van der Waals surface area contributed by atoms with Crippen molar-refractivity contribution in [2.75, 3.05) is 0 Å². The molecular weight excluding hydrogens is 420 g/mol. The third-order valence-electron chi connectivity index (χ3n) is 3.90. The fourth-order valence-electron chi connectivity index (χ4n) is 3.08. The first-order valence-corrected chi connectivity index (χ1v) is 7.55. The molecule has 0 radical (unpaired) electrons. The molecular formula is C10H8Cl8O. The Balaban J connectivity index is 0.000000902. The average molecular weight is 428 g/mol. The number of rotatable bonds is 0. The molecule has 0 aromatic heterocycles. The van der Waals surface area contributed by atoms with Gasteiger partial charge in [-0.3, -0.25) is 0 Å². The number of halogens is 8. The third-order valence-corrected chi connectivity index (χ3v) is 8.61. The highest BCUT2D eigenvalue weighted by atomic mass is 35.5. The fourth-order valence-corrected chi connectivity index (χ4v) is 6.60. The SMILES string of the molecule is Cl.ClC1=C(Cl)C2(Cl)C3C(Cl)C=CC3C1(Cl)C2(Cl)Cl.O. The molecule has 2 bridgehead atoms. The van der Waals surface area contributed by atoms with Gasteiger partial charge in [0.05, 0.1) is 15.4 Å². The summed E-state index contributed by atoms with van der Waals surface area (Å²) in [6.45, 7) is 0. The van der Waals surface area contributed by atoms with Gasteiger partial charge in [-0.1, -0.05) is 58.6 Å². The molecule has 2 N–H and O–H groups in total. The van der Waals surface area contributed by atoms with Crippen LogP contribution in [0.5, 0.6) is 0 Å². The molecule has 1 fully saturated rings. The zero-order valence-electron chi connectivity index (χ0n) is 8.94. The second kappa shape index (κ2) is 5.15. The number of alkyl halides is 5. The Morgan fingerprint density at radius 2 is 1.37 bits per heavy atom. The molecule has 0 heterocycles. The molecule has 1 nitrogen and oxygen atoms in total. The lowest BCUT2D eigenvalue weighted by Crippen LogP contribution is -2.45. The van der Waals surface area contributed by atoms with Gasteiger partial charge in [0.15, 0.2) is 4.33 Å².